The average Bonchev–Trinajstić information content (AvgIpc) is 2.84. The number of hydrogen-bond acceptors (Lipinski definition) is 3. The van der Waals surface area contributed by atoms with Crippen LogP contribution in [0.3, 0.4) is 0 Å². The van der Waals surface area contributed by atoms with Crippen molar-refractivity contribution in [2.24, 2.45) is 0 Å². The third-order valence-electron chi connectivity index (χ3n) is 7.28. The van der Waals surface area contributed by atoms with Crippen LogP contribution in [0.4, 0.5) is 0 Å². The molecule has 3 nitrogen and oxygen atoms in total. The number of esters is 1. The summed E-state index contributed by atoms with van der Waals surface area (Å²) >= 11 is 0. The second-order valence-corrected chi connectivity index (χ2v) is 10.3. The molecule has 1 N–H and O–H groups in total. The molecule has 1 unspecified atom stereocenters. The molecule has 3 heteroatoms. The zero-order chi connectivity index (χ0) is 24.8. The fourth-order valence-corrected chi connectivity index (χ4v) is 5.83. The molecule has 1 aliphatic rings. The van der Waals surface area contributed by atoms with E-state index < -0.39 is 0 Å². The quantitative estimate of drug-likeness (QED) is 0.351. The predicted octanol–water partition coefficient (Wildman–Crippen LogP) is 7.34. The molecule has 3 atom stereocenters. The molecule has 3 aromatic carbocycles. The van der Waals surface area contributed by atoms with Gasteiger partial charge in [0.2, 0.25) is 0 Å². The lowest BCUT2D eigenvalue weighted by Gasteiger charge is -2.34. The van der Waals surface area contributed by atoms with E-state index in [2.05, 4.69) is 93.7 Å². The summed E-state index contributed by atoms with van der Waals surface area (Å²) in [7, 11) is 0. The molecule has 1 aliphatic carbocycles. The summed E-state index contributed by atoms with van der Waals surface area (Å²) in [6.45, 7) is 8.62. The van der Waals surface area contributed by atoms with Gasteiger partial charge in [-0.15, -0.1) is 0 Å². The van der Waals surface area contributed by atoms with Crippen LogP contribution in [-0.4, -0.2) is 18.1 Å². The van der Waals surface area contributed by atoms with Crippen molar-refractivity contribution in [2.75, 3.05) is 0 Å². The van der Waals surface area contributed by atoms with Crippen molar-refractivity contribution in [1.29, 1.82) is 0 Å². The van der Waals surface area contributed by atoms with Gasteiger partial charge in [-0.25, -0.2) is 0 Å². The Morgan fingerprint density at radius 3 is 2.00 bits per heavy atom. The van der Waals surface area contributed by atoms with E-state index in [1.54, 1.807) is 0 Å². The zero-order valence-corrected chi connectivity index (χ0v) is 21.6. The van der Waals surface area contributed by atoms with Gasteiger partial charge >= 0.3 is 5.97 Å². The Bertz CT molecular complexity index is 1050. The van der Waals surface area contributed by atoms with Gasteiger partial charge in [-0.1, -0.05) is 84.8 Å². The summed E-state index contributed by atoms with van der Waals surface area (Å²) in [5.41, 5.74) is 7.69. The summed E-state index contributed by atoms with van der Waals surface area (Å²) in [6, 6.07) is 25.4. The summed E-state index contributed by atoms with van der Waals surface area (Å²) in [4.78, 5) is 13.1. The van der Waals surface area contributed by atoms with Crippen molar-refractivity contribution in [2.45, 2.75) is 83.9 Å². The van der Waals surface area contributed by atoms with Crippen molar-refractivity contribution >= 4 is 5.97 Å². The average molecular weight is 470 g/mol. The van der Waals surface area contributed by atoms with Crippen molar-refractivity contribution in [3.63, 3.8) is 0 Å². The molecule has 0 radical (unpaired) electrons. The molecule has 1 fully saturated rings. The predicted molar refractivity (Wildman–Crippen MR) is 144 cm³/mol. The summed E-state index contributed by atoms with van der Waals surface area (Å²) in [5, 5.41) is 3.68. The summed E-state index contributed by atoms with van der Waals surface area (Å²) < 4.78 is 6.18. The molecule has 4 rings (SSSR count). The molecule has 184 valence electrons. The van der Waals surface area contributed by atoms with Crippen molar-refractivity contribution in [3.05, 3.63) is 106 Å². The highest BCUT2D eigenvalue weighted by Gasteiger charge is 2.32. The van der Waals surface area contributed by atoms with Crippen LogP contribution in [0.5, 0.6) is 0 Å². The lowest BCUT2D eigenvalue weighted by molar-refractivity contribution is -0.152. The first-order valence-electron chi connectivity index (χ1n) is 13.1. The molecule has 0 saturated heterocycles. The fourth-order valence-electron chi connectivity index (χ4n) is 5.83. The fraction of sp³-hybridized carbons (Fsp3) is 0.406. The highest BCUT2D eigenvalue weighted by Crippen LogP contribution is 2.38. The molecule has 35 heavy (non-hydrogen) atoms. The van der Waals surface area contributed by atoms with Crippen LogP contribution in [0.1, 0.15) is 84.4 Å². The van der Waals surface area contributed by atoms with Crippen LogP contribution in [0.15, 0.2) is 72.8 Å². The van der Waals surface area contributed by atoms with E-state index in [0.29, 0.717) is 6.42 Å². The SMILES string of the molecule is Cc1cc(C)c([C@@H]2CCCC[C@H]2OC(=O)CC(C)NC(c2ccccc2)c2ccccc2)c(C)c1. The lowest BCUT2D eigenvalue weighted by atomic mass is 9.78. The number of carbonyl (C=O) groups is 1. The summed E-state index contributed by atoms with van der Waals surface area (Å²) in [6.07, 6.45) is 4.66. The molecule has 0 aromatic heterocycles. The number of rotatable bonds is 8. The third-order valence-corrected chi connectivity index (χ3v) is 7.28. The minimum Gasteiger partial charge on any atom is -0.462 e. The number of ether oxygens (including phenoxy) is 1. The van der Waals surface area contributed by atoms with Crippen molar-refractivity contribution in [1.82, 2.24) is 5.32 Å². The van der Waals surface area contributed by atoms with Gasteiger partial charge in [0.1, 0.15) is 6.10 Å². The van der Waals surface area contributed by atoms with Gasteiger partial charge in [-0.05, 0) is 74.8 Å². The molecule has 0 bridgehead atoms. The van der Waals surface area contributed by atoms with Gasteiger partial charge in [-0.3, -0.25) is 4.79 Å². The number of nitrogens with one attached hydrogen (secondary N) is 1. The maximum atomic E-state index is 13.1. The maximum absolute atomic E-state index is 13.1. The number of hydrogen-bond donors (Lipinski definition) is 1. The van der Waals surface area contributed by atoms with Gasteiger partial charge in [0.15, 0.2) is 0 Å². The van der Waals surface area contributed by atoms with Gasteiger partial charge in [0.25, 0.3) is 0 Å². The Hall–Kier alpha value is -2.91. The maximum Gasteiger partial charge on any atom is 0.307 e. The molecule has 0 spiro atoms. The van der Waals surface area contributed by atoms with Crippen molar-refractivity contribution < 1.29 is 9.53 Å². The normalized spacial score (nSPS) is 18.9. The molecule has 1 saturated carbocycles. The Labute approximate surface area is 210 Å². The van der Waals surface area contributed by atoms with Crippen LogP contribution in [0.25, 0.3) is 0 Å². The molecule has 0 aliphatic heterocycles. The smallest absolute Gasteiger partial charge is 0.307 e. The van der Waals surface area contributed by atoms with Crippen LogP contribution in [-0.2, 0) is 9.53 Å². The number of benzene rings is 3. The minimum absolute atomic E-state index is 0.0159. The van der Waals surface area contributed by atoms with Crippen LogP contribution in [0.2, 0.25) is 0 Å². The molecule has 0 amide bonds. The highest BCUT2D eigenvalue weighted by molar-refractivity contribution is 5.70. The van der Waals surface area contributed by atoms with E-state index in [9.17, 15) is 4.79 Å². The molecular weight excluding hydrogens is 430 g/mol. The Morgan fingerprint density at radius 1 is 0.886 bits per heavy atom. The Morgan fingerprint density at radius 2 is 1.43 bits per heavy atom. The van der Waals surface area contributed by atoms with Crippen molar-refractivity contribution in [3.8, 4) is 0 Å². The molecule has 0 heterocycles. The van der Waals surface area contributed by atoms with E-state index in [4.69, 9.17) is 4.74 Å². The van der Waals surface area contributed by atoms with E-state index >= 15 is 0 Å². The lowest BCUT2D eigenvalue weighted by Crippen LogP contribution is -2.35. The van der Waals surface area contributed by atoms with E-state index in [-0.39, 0.29) is 30.1 Å². The van der Waals surface area contributed by atoms with Gasteiger partial charge < -0.3 is 10.1 Å². The first kappa shape index (κ1) is 25.2. The second kappa shape index (κ2) is 11.7. The van der Waals surface area contributed by atoms with Crippen LogP contribution < -0.4 is 5.32 Å². The van der Waals surface area contributed by atoms with Crippen LogP contribution in [0, 0.1) is 20.8 Å². The first-order valence-corrected chi connectivity index (χ1v) is 13.1. The Kier molecular flexibility index (Phi) is 8.41. The second-order valence-electron chi connectivity index (χ2n) is 10.3. The Balaban J connectivity index is 1.44. The monoisotopic (exact) mass is 469 g/mol. The zero-order valence-electron chi connectivity index (χ0n) is 21.6. The summed E-state index contributed by atoms with van der Waals surface area (Å²) in [5.74, 6) is 0.183. The van der Waals surface area contributed by atoms with Crippen LogP contribution >= 0.6 is 0 Å². The van der Waals surface area contributed by atoms with E-state index in [0.717, 1.165) is 19.3 Å². The number of carbonyl (C=O) groups excluding carboxylic acids is 1. The molecular formula is C32H39NO2. The third kappa shape index (κ3) is 6.41. The van der Waals surface area contributed by atoms with Gasteiger partial charge in [0, 0.05) is 12.0 Å². The van der Waals surface area contributed by atoms with Gasteiger partial charge in [-0.2, -0.15) is 0 Å². The van der Waals surface area contributed by atoms with E-state index in [1.807, 2.05) is 12.1 Å². The standard InChI is InChI=1S/C32H39NO2/c1-22-19-23(2)31(24(3)20-22)28-17-11-12-18-29(28)35-30(34)21-25(4)33-32(26-13-7-5-8-14-26)27-15-9-6-10-16-27/h5-10,13-16,19-20,25,28-29,32-33H,11-12,17-18,21H2,1-4H3/t25?,28-,29-/m1/s1. The number of aryl methyl sites for hydroxylation is 3. The minimum atomic E-state index is -0.107. The van der Waals surface area contributed by atoms with Gasteiger partial charge in [0.05, 0.1) is 12.5 Å². The highest BCUT2D eigenvalue weighted by atomic mass is 16.5. The first-order chi connectivity index (χ1) is 16.9. The topological polar surface area (TPSA) is 38.3 Å². The van der Waals surface area contributed by atoms with E-state index in [1.165, 1.54) is 39.8 Å². The molecule has 3 aromatic rings. The largest absolute Gasteiger partial charge is 0.462 e.